The topological polar surface area (TPSA) is 73.6 Å². The molecule has 3 N–H and O–H groups in total. The molecule has 196 valence electrons. The highest BCUT2D eigenvalue weighted by Gasteiger charge is 2.53. The van der Waals surface area contributed by atoms with Crippen molar-refractivity contribution in [3.8, 4) is 0 Å². The second kappa shape index (κ2) is 9.98. The number of allylic oxidation sites excluding steroid dienone is 4. The van der Waals surface area contributed by atoms with Gasteiger partial charge in [0.1, 0.15) is 5.01 Å². The molecule has 36 heavy (non-hydrogen) atoms. The molecule has 4 aliphatic carbocycles. The molecular formula is C31H43NO3S. The Morgan fingerprint density at radius 2 is 1.94 bits per heavy atom. The Balaban J connectivity index is 1.29. The van der Waals surface area contributed by atoms with Crippen molar-refractivity contribution in [3.05, 3.63) is 63.7 Å². The van der Waals surface area contributed by atoms with Crippen LogP contribution in [0.15, 0.2) is 53.8 Å². The first-order valence-corrected chi connectivity index (χ1v) is 14.7. The summed E-state index contributed by atoms with van der Waals surface area (Å²) in [5.41, 5.74) is 3.39. The maximum absolute atomic E-state index is 11.1. The second-order valence-corrected chi connectivity index (χ2v) is 13.5. The van der Waals surface area contributed by atoms with Gasteiger partial charge >= 0.3 is 0 Å². The zero-order valence-corrected chi connectivity index (χ0v) is 22.9. The van der Waals surface area contributed by atoms with Crippen molar-refractivity contribution in [1.82, 2.24) is 4.98 Å². The zero-order chi connectivity index (χ0) is 25.7. The van der Waals surface area contributed by atoms with Gasteiger partial charge in [0.05, 0.1) is 23.7 Å². The van der Waals surface area contributed by atoms with Gasteiger partial charge in [-0.15, -0.1) is 11.3 Å². The lowest BCUT2D eigenvalue weighted by molar-refractivity contribution is 0.0862. The second-order valence-electron chi connectivity index (χ2n) is 12.3. The molecule has 4 fully saturated rings. The van der Waals surface area contributed by atoms with Gasteiger partial charge in [0, 0.05) is 17.5 Å². The van der Waals surface area contributed by atoms with E-state index in [9.17, 15) is 15.3 Å². The Labute approximate surface area is 220 Å². The molecule has 4 aliphatic rings. The molecule has 0 aliphatic heterocycles. The van der Waals surface area contributed by atoms with Crippen LogP contribution >= 0.6 is 11.3 Å². The summed E-state index contributed by atoms with van der Waals surface area (Å²) in [6.45, 7) is 11.0. The number of hydrogen-bond acceptors (Lipinski definition) is 5. The lowest BCUT2D eigenvalue weighted by atomic mass is 9.61. The highest BCUT2D eigenvalue weighted by Crippen LogP contribution is 2.60. The molecule has 0 bridgehead atoms. The van der Waals surface area contributed by atoms with Gasteiger partial charge in [0.2, 0.25) is 0 Å². The third kappa shape index (κ3) is 4.73. The minimum absolute atomic E-state index is 0.157. The molecular weight excluding hydrogens is 466 g/mol. The molecule has 0 saturated heterocycles. The highest BCUT2D eigenvalue weighted by molar-refractivity contribution is 7.11. The average molecular weight is 510 g/mol. The van der Waals surface area contributed by atoms with Crippen molar-refractivity contribution in [3.63, 3.8) is 0 Å². The first kappa shape index (κ1) is 26.1. The first-order valence-electron chi connectivity index (χ1n) is 13.9. The van der Waals surface area contributed by atoms with E-state index < -0.39 is 18.3 Å². The van der Waals surface area contributed by atoms with Gasteiger partial charge in [-0.1, -0.05) is 50.3 Å². The molecule has 0 amide bonds. The molecule has 0 unspecified atom stereocenters. The molecule has 1 aromatic heterocycles. The predicted octanol–water partition coefficient (Wildman–Crippen LogP) is 6.18. The Morgan fingerprint density at radius 1 is 1.17 bits per heavy atom. The minimum Gasteiger partial charge on any atom is -0.393 e. The van der Waals surface area contributed by atoms with E-state index in [4.69, 9.17) is 0 Å². The van der Waals surface area contributed by atoms with Crippen molar-refractivity contribution in [2.45, 2.75) is 102 Å². The van der Waals surface area contributed by atoms with Crippen LogP contribution in [0.4, 0.5) is 0 Å². The highest BCUT2D eigenvalue weighted by atomic mass is 32.1. The van der Waals surface area contributed by atoms with Crippen LogP contribution in [-0.4, -0.2) is 38.6 Å². The largest absolute Gasteiger partial charge is 0.393 e. The number of thiazole rings is 1. The fraction of sp³-hybridized carbons (Fsp3) is 0.645. The molecule has 7 atom stereocenters. The zero-order valence-electron chi connectivity index (χ0n) is 22.1. The smallest absolute Gasteiger partial charge is 0.102 e. The Kier molecular flexibility index (Phi) is 7.23. The summed E-state index contributed by atoms with van der Waals surface area (Å²) in [5.74, 6) is 1.60. The number of aromatic nitrogens is 1. The Bertz CT molecular complexity index is 1080. The van der Waals surface area contributed by atoms with E-state index in [1.165, 1.54) is 36.1 Å². The van der Waals surface area contributed by atoms with Crippen molar-refractivity contribution >= 4 is 11.3 Å². The summed E-state index contributed by atoms with van der Waals surface area (Å²) in [6.07, 6.45) is 18.1. The fourth-order valence-corrected chi connectivity index (χ4v) is 8.61. The van der Waals surface area contributed by atoms with Crippen LogP contribution < -0.4 is 0 Å². The average Bonchev–Trinajstić information content (AvgIpc) is 3.41. The summed E-state index contributed by atoms with van der Waals surface area (Å²) in [6, 6.07) is 0. The summed E-state index contributed by atoms with van der Waals surface area (Å²) in [5, 5.41) is 32.5. The summed E-state index contributed by atoms with van der Waals surface area (Å²) < 4.78 is 0. The van der Waals surface area contributed by atoms with Crippen molar-refractivity contribution in [1.29, 1.82) is 0 Å². The number of aliphatic hydroxyl groups excluding tert-OH is 3. The van der Waals surface area contributed by atoms with Crippen LogP contribution in [0.2, 0.25) is 0 Å². The SMILES string of the molecule is C=C1C(=CC=C2CCC[C@]3(C)[C@@H]([C@@H](C)C=C[C@H](O)C4(c5ncc(C)s5)CC4)CC[C@@H]23)C[C@@H](O)C[C@@H]1O. The fourth-order valence-electron chi connectivity index (χ4n) is 7.56. The number of hydrogen-bond donors (Lipinski definition) is 3. The normalized spacial score (nSPS) is 38.0. The van der Waals surface area contributed by atoms with E-state index >= 15 is 0 Å². The maximum Gasteiger partial charge on any atom is 0.102 e. The van der Waals surface area contributed by atoms with E-state index in [2.05, 4.69) is 56.6 Å². The minimum atomic E-state index is -0.636. The van der Waals surface area contributed by atoms with Crippen LogP contribution in [0.25, 0.3) is 0 Å². The van der Waals surface area contributed by atoms with Gasteiger partial charge in [-0.2, -0.15) is 0 Å². The predicted molar refractivity (Wildman–Crippen MR) is 147 cm³/mol. The number of fused-ring (bicyclic) bond motifs is 1. The summed E-state index contributed by atoms with van der Waals surface area (Å²) >= 11 is 1.73. The molecule has 4 nitrogen and oxygen atoms in total. The summed E-state index contributed by atoms with van der Waals surface area (Å²) in [4.78, 5) is 5.80. The quantitative estimate of drug-likeness (QED) is 0.401. The molecule has 5 rings (SSSR count). The van der Waals surface area contributed by atoms with Crippen molar-refractivity contribution in [2.24, 2.45) is 23.2 Å². The van der Waals surface area contributed by atoms with Gasteiger partial charge in [-0.3, -0.25) is 0 Å². The van der Waals surface area contributed by atoms with Crippen LogP contribution in [0.5, 0.6) is 0 Å². The standard InChI is InChI=1S/C31H43NO3S/c1-19(7-12-28(35)31(14-15-31)29-32-18-20(2)36-29)25-10-11-26-22(6-5-13-30(25,26)4)8-9-23-16-24(33)17-27(34)21(23)3/h7-9,12,18-19,24-28,33-35H,3,5-6,10-11,13-17H2,1-2,4H3/t19-,24+,25+,26-,27-,28-,30+/m0/s1. The maximum atomic E-state index is 11.1. The lowest BCUT2D eigenvalue weighted by Gasteiger charge is -2.44. The van der Waals surface area contributed by atoms with E-state index in [1.54, 1.807) is 11.3 Å². The Hall–Kier alpha value is -1.53. The van der Waals surface area contributed by atoms with Crippen LogP contribution in [-0.2, 0) is 5.41 Å². The lowest BCUT2D eigenvalue weighted by Crippen LogP contribution is -2.35. The third-order valence-corrected chi connectivity index (χ3v) is 11.1. The number of rotatable bonds is 6. The van der Waals surface area contributed by atoms with Crippen molar-refractivity contribution in [2.75, 3.05) is 0 Å². The van der Waals surface area contributed by atoms with Gasteiger partial charge < -0.3 is 15.3 Å². The van der Waals surface area contributed by atoms with Gasteiger partial charge in [-0.05, 0) is 92.6 Å². The first-order chi connectivity index (χ1) is 17.1. The van der Waals surface area contributed by atoms with E-state index in [1.807, 2.05) is 6.20 Å². The molecule has 0 spiro atoms. The number of aliphatic hydroxyl groups is 3. The number of nitrogens with zero attached hydrogens (tertiary/aromatic N) is 1. The van der Waals surface area contributed by atoms with E-state index in [-0.39, 0.29) is 10.8 Å². The molecule has 5 heteroatoms. The van der Waals surface area contributed by atoms with Crippen LogP contribution in [0, 0.1) is 30.1 Å². The van der Waals surface area contributed by atoms with E-state index in [0.717, 1.165) is 35.4 Å². The molecule has 4 saturated carbocycles. The van der Waals surface area contributed by atoms with Crippen LogP contribution in [0.3, 0.4) is 0 Å². The number of aryl methyl sites for hydroxylation is 1. The van der Waals surface area contributed by atoms with E-state index in [0.29, 0.717) is 30.6 Å². The molecule has 1 aromatic rings. The molecule has 0 aromatic carbocycles. The van der Waals surface area contributed by atoms with Crippen LogP contribution in [0.1, 0.15) is 81.5 Å². The monoisotopic (exact) mass is 509 g/mol. The molecule has 1 heterocycles. The van der Waals surface area contributed by atoms with Gasteiger partial charge in [-0.25, -0.2) is 4.98 Å². The van der Waals surface area contributed by atoms with Crippen molar-refractivity contribution < 1.29 is 15.3 Å². The third-order valence-electron chi connectivity index (χ3n) is 9.94. The summed E-state index contributed by atoms with van der Waals surface area (Å²) in [7, 11) is 0. The van der Waals surface area contributed by atoms with Gasteiger partial charge in [0.25, 0.3) is 0 Å². The molecule has 0 radical (unpaired) electrons. The Morgan fingerprint density at radius 3 is 2.64 bits per heavy atom. The van der Waals surface area contributed by atoms with Gasteiger partial charge in [0.15, 0.2) is 0 Å².